The molecule has 0 aliphatic heterocycles. The minimum absolute atomic E-state index is 0.0880. The first-order valence-corrected chi connectivity index (χ1v) is 7.13. The van der Waals surface area contributed by atoms with E-state index in [0.717, 1.165) is 10.9 Å². The lowest BCUT2D eigenvalue weighted by atomic mass is 10.00. The van der Waals surface area contributed by atoms with Gasteiger partial charge in [-0.15, -0.1) is 11.3 Å². The second-order valence-corrected chi connectivity index (χ2v) is 5.79. The summed E-state index contributed by atoms with van der Waals surface area (Å²) in [5.41, 5.74) is 1.01. The number of hydrogen-bond donors (Lipinski definition) is 1. The SMILES string of the molecule is OCc1cc2sc3ccccc3c2c2ccccc12. The van der Waals surface area contributed by atoms with Crippen molar-refractivity contribution in [1.29, 1.82) is 0 Å². The van der Waals surface area contributed by atoms with Crippen molar-refractivity contribution in [2.24, 2.45) is 0 Å². The number of aliphatic hydroxyl groups is 1. The highest BCUT2D eigenvalue weighted by Gasteiger charge is 2.10. The quantitative estimate of drug-likeness (QED) is 0.528. The van der Waals surface area contributed by atoms with Gasteiger partial charge in [0.1, 0.15) is 0 Å². The second kappa shape index (κ2) is 4.05. The van der Waals surface area contributed by atoms with Crippen LogP contribution in [-0.2, 0) is 6.61 Å². The van der Waals surface area contributed by atoms with Crippen LogP contribution in [0.4, 0.5) is 0 Å². The summed E-state index contributed by atoms with van der Waals surface area (Å²) in [6.45, 7) is 0.0880. The molecule has 0 aliphatic carbocycles. The standard InChI is InChI=1S/C17H12OS/c18-10-11-9-16-17(13-6-2-1-5-12(11)13)14-7-3-4-8-15(14)19-16/h1-9,18H,10H2. The van der Waals surface area contributed by atoms with Crippen LogP contribution < -0.4 is 0 Å². The summed E-state index contributed by atoms with van der Waals surface area (Å²) in [4.78, 5) is 0. The highest BCUT2D eigenvalue weighted by molar-refractivity contribution is 7.26. The monoisotopic (exact) mass is 264 g/mol. The Kier molecular flexibility index (Phi) is 2.34. The van der Waals surface area contributed by atoms with E-state index in [1.165, 1.54) is 25.6 Å². The minimum Gasteiger partial charge on any atom is -0.392 e. The van der Waals surface area contributed by atoms with Gasteiger partial charge in [-0.05, 0) is 28.5 Å². The molecule has 4 rings (SSSR count). The molecule has 1 heterocycles. The topological polar surface area (TPSA) is 20.2 Å². The van der Waals surface area contributed by atoms with Crippen LogP contribution in [-0.4, -0.2) is 5.11 Å². The largest absolute Gasteiger partial charge is 0.392 e. The summed E-state index contributed by atoms with van der Waals surface area (Å²) in [5, 5.41) is 14.6. The van der Waals surface area contributed by atoms with Crippen LogP contribution in [0.5, 0.6) is 0 Å². The maximum absolute atomic E-state index is 9.57. The van der Waals surface area contributed by atoms with Crippen LogP contribution in [0.25, 0.3) is 30.9 Å². The van der Waals surface area contributed by atoms with Gasteiger partial charge in [-0.25, -0.2) is 0 Å². The summed E-state index contributed by atoms with van der Waals surface area (Å²) in [6, 6.07) is 19.0. The van der Waals surface area contributed by atoms with Crippen molar-refractivity contribution in [2.45, 2.75) is 6.61 Å². The zero-order valence-electron chi connectivity index (χ0n) is 10.3. The van der Waals surface area contributed by atoms with E-state index in [9.17, 15) is 5.11 Å². The number of aliphatic hydroxyl groups excluding tert-OH is 1. The van der Waals surface area contributed by atoms with Crippen molar-refractivity contribution in [2.75, 3.05) is 0 Å². The molecule has 0 bridgehead atoms. The zero-order valence-corrected chi connectivity index (χ0v) is 11.1. The molecule has 0 radical (unpaired) electrons. The Bertz CT molecular complexity index is 905. The van der Waals surface area contributed by atoms with Gasteiger partial charge in [0, 0.05) is 20.2 Å². The molecule has 1 nitrogen and oxygen atoms in total. The van der Waals surface area contributed by atoms with Crippen LogP contribution in [0.1, 0.15) is 5.56 Å². The van der Waals surface area contributed by atoms with Gasteiger partial charge < -0.3 is 5.11 Å². The minimum atomic E-state index is 0.0880. The number of thiophene rings is 1. The third-order valence-electron chi connectivity index (χ3n) is 3.64. The molecule has 2 heteroatoms. The van der Waals surface area contributed by atoms with Crippen molar-refractivity contribution < 1.29 is 5.11 Å². The van der Waals surface area contributed by atoms with E-state index >= 15 is 0 Å². The predicted octanol–water partition coefficient (Wildman–Crippen LogP) is 4.70. The fourth-order valence-corrected chi connectivity index (χ4v) is 3.98. The normalized spacial score (nSPS) is 11.6. The van der Waals surface area contributed by atoms with E-state index in [1.54, 1.807) is 11.3 Å². The second-order valence-electron chi connectivity index (χ2n) is 4.71. The molecule has 0 saturated carbocycles. The van der Waals surface area contributed by atoms with Crippen LogP contribution >= 0.6 is 11.3 Å². The fraction of sp³-hybridized carbons (Fsp3) is 0.0588. The first-order chi connectivity index (χ1) is 9.38. The maximum Gasteiger partial charge on any atom is 0.0688 e. The molecular weight excluding hydrogens is 252 g/mol. The van der Waals surface area contributed by atoms with Gasteiger partial charge in [0.25, 0.3) is 0 Å². The fourth-order valence-electron chi connectivity index (χ4n) is 2.79. The van der Waals surface area contributed by atoms with Crippen LogP contribution in [0.3, 0.4) is 0 Å². The smallest absolute Gasteiger partial charge is 0.0688 e. The van der Waals surface area contributed by atoms with Gasteiger partial charge in [-0.2, -0.15) is 0 Å². The summed E-state index contributed by atoms with van der Waals surface area (Å²) < 4.78 is 2.56. The molecule has 0 aliphatic rings. The molecule has 0 saturated heterocycles. The number of fused-ring (bicyclic) bond motifs is 5. The molecule has 1 aromatic heterocycles. The first-order valence-electron chi connectivity index (χ1n) is 6.31. The summed E-state index contributed by atoms with van der Waals surface area (Å²) in [5.74, 6) is 0. The van der Waals surface area contributed by atoms with Crippen molar-refractivity contribution in [1.82, 2.24) is 0 Å². The van der Waals surface area contributed by atoms with E-state index in [1.807, 2.05) is 6.07 Å². The third-order valence-corrected chi connectivity index (χ3v) is 4.76. The summed E-state index contributed by atoms with van der Waals surface area (Å²) >= 11 is 1.79. The van der Waals surface area contributed by atoms with Gasteiger partial charge in [0.05, 0.1) is 6.61 Å². The van der Waals surface area contributed by atoms with Crippen LogP contribution in [0.15, 0.2) is 54.6 Å². The molecule has 4 aromatic rings. The van der Waals surface area contributed by atoms with E-state index < -0.39 is 0 Å². The van der Waals surface area contributed by atoms with Gasteiger partial charge in [-0.1, -0.05) is 42.5 Å². The number of hydrogen-bond acceptors (Lipinski definition) is 2. The third kappa shape index (κ3) is 1.51. The first kappa shape index (κ1) is 11.0. The lowest BCUT2D eigenvalue weighted by molar-refractivity contribution is 0.283. The lowest BCUT2D eigenvalue weighted by Crippen LogP contribution is -1.85. The highest BCUT2D eigenvalue weighted by atomic mass is 32.1. The van der Waals surface area contributed by atoms with Gasteiger partial charge in [-0.3, -0.25) is 0 Å². The van der Waals surface area contributed by atoms with Crippen molar-refractivity contribution in [3.63, 3.8) is 0 Å². The van der Waals surface area contributed by atoms with E-state index in [2.05, 4.69) is 48.5 Å². The molecule has 0 spiro atoms. The van der Waals surface area contributed by atoms with Gasteiger partial charge >= 0.3 is 0 Å². The Labute approximate surface area is 114 Å². The summed E-state index contributed by atoms with van der Waals surface area (Å²) in [6.07, 6.45) is 0. The molecule has 92 valence electrons. The van der Waals surface area contributed by atoms with E-state index in [0.29, 0.717) is 0 Å². The van der Waals surface area contributed by atoms with Crippen molar-refractivity contribution in [3.8, 4) is 0 Å². The molecular formula is C17H12OS. The number of rotatable bonds is 1. The molecule has 19 heavy (non-hydrogen) atoms. The molecule has 0 atom stereocenters. The van der Waals surface area contributed by atoms with Crippen LogP contribution in [0, 0.1) is 0 Å². The average molecular weight is 264 g/mol. The number of benzene rings is 3. The highest BCUT2D eigenvalue weighted by Crippen LogP contribution is 2.39. The van der Waals surface area contributed by atoms with E-state index in [-0.39, 0.29) is 6.61 Å². The zero-order chi connectivity index (χ0) is 12.8. The average Bonchev–Trinajstić information content (AvgIpc) is 2.84. The van der Waals surface area contributed by atoms with E-state index in [4.69, 9.17) is 0 Å². The Balaban J connectivity index is 2.34. The van der Waals surface area contributed by atoms with Crippen molar-refractivity contribution in [3.05, 3.63) is 60.2 Å². The van der Waals surface area contributed by atoms with Crippen molar-refractivity contribution >= 4 is 42.3 Å². The van der Waals surface area contributed by atoms with Gasteiger partial charge in [0.2, 0.25) is 0 Å². The molecule has 0 amide bonds. The Morgan fingerprint density at radius 2 is 1.47 bits per heavy atom. The molecule has 0 fully saturated rings. The lowest BCUT2D eigenvalue weighted by Gasteiger charge is -2.05. The molecule has 1 N–H and O–H groups in total. The predicted molar refractivity (Wildman–Crippen MR) is 82.8 cm³/mol. The summed E-state index contributed by atoms with van der Waals surface area (Å²) in [7, 11) is 0. The Morgan fingerprint density at radius 1 is 0.789 bits per heavy atom. The molecule has 0 unspecified atom stereocenters. The van der Waals surface area contributed by atoms with Crippen LogP contribution in [0.2, 0.25) is 0 Å². The molecule has 3 aromatic carbocycles. The Hall–Kier alpha value is -1.90. The van der Waals surface area contributed by atoms with Gasteiger partial charge in [0.15, 0.2) is 0 Å². The Morgan fingerprint density at radius 3 is 2.26 bits per heavy atom. The maximum atomic E-state index is 9.57.